The van der Waals surface area contributed by atoms with Gasteiger partial charge in [-0.2, -0.15) is 11.8 Å². The van der Waals surface area contributed by atoms with E-state index in [-0.39, 0.29) is 17.0 Å². The molecule has 1 aliphatic rings. The summed E-state index contributed by atoms with van der Waals surface area (Å²) in [6.07, 6.45) is 0.639. The Labute approximate surface area is 161 Å². The Bertz CT molecular complexity index is 742. The third-order valence-electron chi connectivity index (χ3n) is 4.34. The summed E-state index contributed by atoms with van der Waals surface area (Å²) in [6, 6.07) is 13.7. The average molecular weight is 394 g/mol. The van der Waals surface area contributed by atoms with Gasteiger partial charge in [0.15, 0.2) is 0 Å². The molecule has 0 N–H and O–H groups in total. The molecule has 2 aromatic rings. The van der Waals surface area contributed by atoms with E-state index in [0.29, 0.717) is 30.8 Å². The molecular formula is C20H21F2NOS2. The molecule has 0 radical (unpaired) electrons. The number of halogens is 2. The molecule has 1 unspecified atom stereocenters. The van der Waals surface area contributed by atoms with Gasteiger partial charge in [0.05, 0.1) is 5.75 Å². The maximum Gasteiger partial charge on any atom is 0.232 e. The van der Waals surface area contributed by atoms with E-state index in [0.717, 1.165) is 17.6 Å². The van der Waals surface area contributed by atoms with E-state index >= 15 is 0 Å². The summed E-state index contributed by atoms with van der Waals surface area (Å²) in [6.45, 7) is 1.24. The Morgan fingerprint density at radius 1 is 1.15 bits per heavy atom. The lowest BCUT2D eigenvalue weighted by atomic mass is 10.1. The zero-order valence-corrected chi connectivity index (χ0v) is 16.0. The molecule has 1 saturated heterocycles. The first kappa shape index (κ1) is 19.2. The largest absolute Gasteiger partial charge is 0.341 e. The summed E-state index contributed by atoms with van der Waals surface area (Å²) in [5.41, 5.74) is 1.61. The molecule has 1 amide bonds. The van der Waals surface area contributed by atoms with Gasteiger partial charge >= 0.3 is 0 Å². The van der Waals surface area contributed by atoms with Crippen molar-refractivity contribution >= 4 is 29.4 Å². The van der Waals surface area contributed by atoms with Crippen LogP contribution in [0.2, 0.25) is 0 Å². The Balaban J connectivity index is 1.51. The van der Waals surface area contributed by atoms with Crippen molar-refractivity contribution in [2.45, 2.75) is 17.4 Å². The number of amides is 1. The minimum Gasteiger partial charge on any atom is -0.341 e. The molecule has 0 spiro atoms. The molecule has 0 aliphatic carbocycles. The molecule has 6 heteroatoms. The molecule has 26 heavy (non-hydrogen) atoms. The number of carbonyl (C=O) groups is 1. The predicted molar refractivity (Wildman–Crippen MR) is 105 cm³/mol. The third kappa shape index (κ3) is 5.24. The van der Waals surface area contributed by atoms with Crippen LogP contribution in [0.3, 0.4) is 0 Å². The highest BCUT2D eigenvalue weighted by atomic mass is 32.2. The van der Waals surface area contributed by atoms with Crippen LogP contribution in [0.15, 0.2) is 48.5 Å². The Kier molecular flexibility index (Phi) is 6.97. The molecule has 1 heterocycles. The Hall–Kier alpha value is -1.53. The van der Waals surface area contributed by atoms with Crippen molar-refractivity contribution in [3.63, 3.8) is 0 Å². The maximum atomic E-state index is 14.0. The van der Waals surface area contributed by atoms with Crippen molar-refractivity contribution in [1.29, 1.82) is 0 Å². The molecule has 138 valence electrons. The average Bonchev–Trinajstić information content (AvgIpc) is 2.91. The molecule has 2 aromatic carbocycles. The second-order valence-electron chi connectivity index (χ2n) is 6.17. The Morgan fingerprint density at radius 3 is 2.77 bits per heavy atom. The molecule has 1 fully saturated rings. The summed E-state index contributed by atoms with van der Waals surface area (Å²) in [7, 11) is 0. The number of thioether (sulfide) groups is 2. The van der Waals surface area contributed by atoms with Crippen molar-refractivity contribution in [2.75, 3.05) is 24.6 Å². The van der Waals surface area contributed by atoms with E-state index in [1.807, 2.05) is 23.1 Å². The third-order valence-corrected chi connectivity index (χ3v) is 6.63. The van der Waals surface area contributed by atoms with E-state index < -0.39 is 5.82 Å². The van der Waals surface area contributed by atoms with Gasteiger partial charge in [-0.05, 0) is 30.2 Å². The van der Waals surface area contributed by atoms with Crippen LogP contribution in [-0.4, -0.2) is 35.4 Å². The molecular weight excluding hydrogens is 372 g/mol. The Morgan fingerprint density at radius 2 is 1.96 bits per heavy atom. The van der Waals surface area contributed by atoms with Gasteiger partial charge < -0.3 is 4.90 Å². The van der Waals surface area contributed by atoms with E-state index in [1.54, 1.807) is 23.5 Å². The molecule has 1 aliphatic heterocycles. The van der Waals surface area contributed by atoms with Crippen molar-refractivity contribution in [2.24, 2.45) is 0 Å². The fourth-order valence-electron chi connectivity index (χ4n) is 2.95. The van der Waals surface area contributed by atoms with E-state index in [4.69, 9.17) is 0 Å². The van der Waals surface area contributed by atoms with E-state index in [2.05, 4.69) is 12.1 Å². The van der Waals surface area contributed by atoms with Gasteiger partial charge in [-0.1, -0.05) is 30.3 Å². The lowest BCUT2D eigenvalue weighted by Crippen LogP contribution is -2.34. The molecule has 0 aromatic heterocycles. The topological polar surface area (TPSA) is 20.3 Å². The molecule has 1 atom stereocenters. The molecule has 3 rings (SSSR count). The first-order chi connectivity index (χ1) is 12.6. The standard InChI is InChI=1S/C20H21F2NOS2/c21-16-6-7-18(22)17(12-16)19-8-9-23(10-11-26-19)20(24)14-25-13-15-4-2-1-3-5-15/h1-7,12,19H,8-11,13-14H2. The number of carbonyl (C=O) groups excluding carboxylic acids is 1. The quantitative estimate of drug-likeness (QED) is 0.720. The summed E-state index contributed by atoms with van der Waals surface area (Å²) < 4.78 is 27.5. The second kappa shape index (κ2) is 9.42. The zero-order valence-electron chi connectivity index (χ0n) is 14.4. The van der Waals surface area contributed by atoms with Crippen molar-refractivity contribution < 1.29 is 13.6 Å². The van der Waals surface area contributed by atoms with Crippen molar-refractivity contribution in [3.8, 4) is 0 Å². The van der Waals surface area contributed by atoms with Crippen LogP contribution in [0.5, 0.6) is 0 Å². The van der Waals surface area contributed by atoms with Gasteiger partial charge in [0.2, 0.25) is 5.91 Å². The second-order valence-corrected chi connectivity index (χ2v) is 8.47. The summed E-state index contributed by atoms with van der Waals surface area (Å²) in [5.74, 6) is 1.31. The minimum atomic E-state index is -0.420. The first-order valence-corrected chi connectivity index (χ1v) is 10.8. The normalized spacial score (nSPS) is 17.8. The monoisotopic (exact) mass is 393 g/mol. The molecule has 0 bridgehead atoms. The highest BCUT2D eigenvalue weighted by molar-refractivity contribution is 7.99. The number of rotatable bonds is 5. The highest BCUT2D eigenvalue weighted by Crippen LogP contribution is 2.36. The molecule has 0 saturated carbocycles. The smallest absolute Gasteiger partial charge is 0.232 e. The van der Waals surface area contributed by atoms with E-state index in [9.17, 15) is 13.6 Å². The van der Waals surface area contributed by atoms with E-state index in [1.165, 1.54) is 17.7 Å². The van der Waals surface area contributed by atoms with Crippen LogP contribution in [0, 0.1) is 11.6 Å². The van der Waals surface area contributed by atoms with Crippen LogP contribution in [-0.2, 0) is 10.5 Å². The van der Waals surface area contributed by atoms with Crippen LogP contribution >= 0.6 is 23.5 Å². The number of benzene rings is 2. The lowest BCUT2D eigenvalue weighted by molar-refractivity contribution is -0.128. The van der Waals surface area contributed by atoms with Gasteiger partial charge in [0.1, 0.15) is 11.6 Å². The van der Waals surface area contributed by atoms with Crippen molar-refractivity contribution in [3.05, 3.63) is 71.3 Å². The molecule has 2 nitrogen and oxygen atoms in total. The SMILES string of the molecule is O=C(CSCc1ccccc1)N1CCSC(c2cc(F)ccc2F)CC1. The van der Waals surface area contributed by atoms with Crippen LogP contribution in [0.4, 0.5) is 8.78 Å². The van der Waals surface area contributed by atoms with Crippen LogP contribution < -0.4 is 0 Å². The van der Waals surface area contributed by atoms with Crippen molar-refractivity contribution in [1.82, 2.24) is 4.90 Å². The summed E-state index contributed by atoms with van der Waals surface area (Å²) in [5, 5.41) is -0.111. The van der Waals surface area contributed by atoms with Crippen LogP contribution in [0.25, 0.3) is 0 Å². The van der Waals surface area contributed by atoms with Gasteiger partial charge in [-0.25, -0.2) is 8.78 Å². The fraction of sp³-hybridized carbons (Fsp3) is 0.350. The number of nitrogens with zero attached hydrogens (tertiary/aromatic N) is 1. The lowest BCUT2D eigenvalue weighted by Gasteiger charge is -2.20. The first-order valence-electron chi connectivity index (χ1n) is 8.59. The van der Waals surface area contributed by atoms with Gasteiger partial charge in [0, 0.05) is 35.4 Å². The van der Waals surface area contributed by atoms with Gasteiger partial charge in [-0.3, -0.25) is 4.79 Å². The number of hydrogen-bond donors (Lipinski definition) is 0. The fourth-order valence-corrected chi connectivity index (χ4v) is 5.08. The van der Waals surface area contributed by atoms with Gasteiger partial charge in [0.25, 0.3) is 0 Å². The van der Waals surface area contributed by atoms with Crippen LogP contribution in [0.1, 0.15) is 22.8 Å². The summed E-state index contributed by atoms with van der Waals surface area (Å²) >= 11 is 3.20. The number of hydrogen-bond acceptors (Lipinski definition) is 3. The minimum absolute atomic E-state index is 0.111. The highest BCUT2D eigenvalue weighted by Gasteiger charge is 2.24. The summed E-state index contributed by atoms with van der Waals surface area (Å²) in [4.78, 5) is 14.3. The maximum absolute atomic E-state index is 14.0. The zero-order chi connectivity index (χ0) is 18.4. The predicted octanol–water partition coefficient (Wildman–Crippen LogP) is 4.90. The van der Waals surface area contributed by atoms with Gasteiger partial charge in [-0.15, -0.1) is 11.8 Å².